The van der Waals surface area contributed by atoms with E-state index in [4.69, 9.17) is 21.4 Å². The molecule has 0 fully saturated rings. The number of aromatic carboxylic acids is 1. The normalized spacial score (nSPS) is 10.0. The highest BCUT2D eigenvalue weighted by atomic mass is 35.5. The molecule has 21 heavy (non-hydrogen) atoms. The number of carboxylic acid groups (broad SMARTS) is 1. The van der Waals surface area contributed by atoms with Crippen molar-refractivity contribution in [3.05, 3.63) is 46.1 Å². The Labute approximate surface area is 126 Å². The van der Waals surface area contributed by atoms with Crippen molar-refractivity contribution in [2.24, 2.45) is 0 Å². The smallest absolute Gasteiger partial charge is 0.337 e. The van der Waals surface area contributed by atoms with Gasteiger partial charge in [0.15, 0.2) is 0 Å². The molecule has 0 saturated carbocycles. The fraction of sp³-hybridized carbons (Fsp3) is 0.133. The predicted molar refractivity (Wildman–Crippen MR) is 77.6 cm³/mol. The van der Waals surface area contributed by atoms with Gasteiger partial charge in [0.05, 0.1) is 29.6 Å². The molecular weight excluding hydrogens is 292 g/mol. The maximum absolute atomic E-state index is 11.1. The maximum Gasteiger partial charge on any atom is 0.337 e. The van der Waals surface area contributed by atoms with Crippen LogP contribution in [0, 0.1) is 18.3 Å². The van der Waals surface area contributed by atoms with Gasteiger partial charge in [-0.1, -0.05) is 11.6 Å². The van der Waals surface area contributed by atoms with Crippen molar-refractivity contribution in [2.45, 2.75) is 6.92 Å². The van der Waals surface area contributed by atoms with Crippen LogP contribution in [-0.4, -0.2) is 23.2 Å². The molecule has 6 heteroatoms. The number of methoxy groups -OCH3 is 1. The number of hydrogen-bond acceptors (Lipinski definition) is 4. The minimum Gasteiger partial charge on any atom is -0.496 e. The molecule has 1 heterocycles. The van der Waals surface area contributed by atoms with Crippen LogP contribution in [0.2, 0.25) is 5.02 Å². The first-order valence-corrected chi connectivity index (χ1v) is 6.34. The first-order valence-electron chi connectivity index (χ1n) is 5.97. The number of carbonyl (C=O) groups is 1. The van der Waals surface area contributed by atoms with Gasteiger partial charge in [-0.25, -0.2) is 4.79 Å². The first-order chi connectivity index (χ1) is 9.97. The van der Waals surface area contributed by atoms with Crippen LogP contribution in [0.25, 0.3) is 11.3 Å². The lowest BCUT2D eigenvalue weighted by atomic mass is 10.0. The minimum atomic E-state index is -1.12. The Morgan fingerprint density at radius 2 is 2.14 bits per heavy atom. The summed E-state index contributed by atoms with van der Waals surface area (Å²) in [7, 11) is 1.50. The average molecular weight is 303 g/mol. The van der Waals surface area contributed by atoms with Gasteiger partial charge in [-0.05, 0) is 31.2 Å². The Bertz CT molecular complexity index is 766. The Morgan fingerprint density at radius 3 is 2.71 bits per heavy atom. The summed E-state index contributed by atoms with van der Waals surface area (Å²) in [4.78, 5) is 15.4. The third kappa shape index (κ3) is 2.81. The molecule has 106 valence electrons. The molecule has 1 N–H and O–H groups in total. The van der Waals surface area contributed by atoms with Crippen molar-refractivity contribution < 1.29 is 14.6 Å². The molecule has 0 spiro atoms. The van der Waals surface area contributed by atoms with E-state index in [1.54, 1.807) is 25.1 Å². The second-order valence-electron chi connectivity index (χ2n) is 4.28. The van der Waals surface area contributed by atoms with Crippen LogP contribution in [0.1, 0.15) is 21.6 Å². The van der Waals surface area contributed by atoms with Crippen LogP contribution in [0.5, 0.6) is 5.75 Å². The summed E-state index contributed by atoms with van der Waals surface area (Å²) < 4.78 is 5.25. The summed E-state index contributed by atoms with van der Waals surface area (Å²) >= 11 is 5.98. The number of rotatable bonds is 3. The highest BCUT2D eigenvalue weighted by Crippen LogP contribution is 2.34. The highest BCUT2D eigenvalue weighted by Gasteiger charge is 2.18. The largest absolute Gasteiger partial charge is 0.496 e. The van der Waals surface area contributed by atoms with Crippen molar-refractivity contribution in [3.63, 3.8) is 0 Å². The molecule has 1 aromatic carbocycles. The number of nitriles is 1. The average Bonchev–Trinajstić information content (AvgIpc) is 2.46. The van der Waals surface area contributed by atoms with Gasteiger partial charge >= 0.3 is 5.97 Å². The number of benzene rings is 1. The van der Waals surface area contributed by atoms with Gasteiger partial charge in [-0.2, -0.15) is 5.26 Å². The zero-order chi connectivity index (χ0) is 15.6. The molecule has 0 aliphatic carbocycles. The molecule has 0 radical (unpaired) electrons. The van der Waals surface area contributed by atoms with E-state index in [1.165, 1.54) is 13.2 Å². The van der Waals surface area contributed by atoms with E-state index in [0.717, 1.165) is 0 Å². The lowest BCUT2D eigenvalue weighted by Crippen LogP contribution is -2.05. The number of aryl methyl sites for hydroxylation is 1. The number of halogens is 1. The number of pyridine rings is 1. The van der Waals surface area contributed by atoms with E-state index in [0.29, 0.717) is 27.7 Å². The summed E-state index contributed by atoms with van der Waals surface area (Å²) in [5.41, 5.74) is 1.36. The molecule has 1 aromatic heterocycles. The molecule has 0 aliphatic heterocycles. The van der Waals surface area contributed by atoms with Gasteiger partial charge in [0, 0.05) is 10.6 Å². The molecule has 2 rings (SSSR count). The van der Waals surface area contributed by atoms with Crippen LogP contribution in [0.15, 0.2) is 24.3 Å². The van der Waals surface area contributed by atoms with E-state index in [-0.39, 0.29) is 11.1 Å². The Hall–Kier alpha value is -2.58. The summed E-state index contributed by atoms with van der Waals surface area (Å²) in [5, 5.41) is 18.8. The van der Waals surface area contributed by atoms with E-state index in [9.17, 15) is 10.1 Å². The van der Waals surface area contributed by atoms with Crippen LogP contribution >= 0.6 is 11.6 Å². The number of carboxylic acids is 1. The van der Waals surface area contributed by atoms with Gasteiger partial charge in [0.2, 0.25) is 0 Å². The summed E-state index contributed by atoms with van der Waals surface area (Å²) in [6.45, 7) is 1.57. The van der Waals surface area contributed by atoms with E-state index < -0.39 is 5.97 Å². The standard InChI is InChI=1S/C15H11ClN2O3/c1-8-11(15(19)20)5-9(7-17)14(18-8)12-6-10(16)3-4-13(12)21-2/h3-6H,1-2H3,(H,19,20). The molecule has 5 nitrogen and oxygen atoms in total. The van der Waals surface area contributed by atoms with Gasteiger partial charge in [-0.3, -0.25) is 4.98 Å². The van der Waals surface area contributed by atoms with E-state index in [1.807, 2.05) is 6.07 Å². The second kappa shape index (κ2) is 5.81. The Morgan fingerprint density at radius 1 is 1.43 bits per heavy atom. The molecule has 2 aromatic rings. The SMILES string of the molecule is COc1ccc(Cl)cc1-c1nc(C)c(C(=O)O)cc1C#N. The highest BCUT2D eigenvalue weighted by molar-refractivity contribution is 6.31. The lowest BCUT2D eigenvalue weighted by molar-refractivity contribution is 0.0695. The Kier molecular flexibility index (Phi) is 4.10. The number of ether oxygens (including phenoxy) is 1. The van der Waals surface area contributed by atoms with Crippen LogP contribution in [0.4, 0.5) is 0 Å². The zero-order valence-electron chi connectivity index (χ0n) is 11.3. The summed E-state index contributed by atoms with van der Waals surface area (Å²) in [6.07, 6.45) is 0. The van der Waals surface area contributed by atoms with Gasteiger partial charge < -0.3 is 9.84 Å². The van der Waals surface area contributed by atoms with Gasteiger partial charge in [0.25, 0.3) is 0 Å². The third-order valence-corrected chi connectivity index (χ3v) is 3.22. The third-order valence-electron chi connectivity index (χ3n) is 2.98. The van der Waals surface area contributed by atoms with Crippen molar-refractivity contribution in [1.82, 2.24) is 4.98 Å². The van der Waals surface area contributed by atoms with Crippen molar-refractivity contribution in [2.75, 3.05) is 7.11 Å². The summed E-state index contributed by atoms with van der Waals surface area (Å²) in [5.74, 6) is -0.619. The molecular formula is C15H11ClN2O3. The van der Waals surface area contributed by atoms with Crippen LogP contribution in [0.3, 0.4) is 0 Å². The van der Waals surface area contributed by atoms with Crippen LogP contribution < -0.4 is 4.74 Å². The van der Waals surface area contributed by atoms with Gasteiger partial charge in [-0.15, -0.1) is 0 Å². The first kappa shape index (κ1) is 14.8. The minimum absolute atomic E-state index is 0.00343. The fourth-order valence-electron chi connectivity index (χ4n) is 1.98. The monoisotopic (exact) mass is 302 g/mol. The topological polar surface area (TPSA) is 83.2 Å². The molecule has 0 aliphatic rings. The maximum atomic E-state index is 11.1. The lowest BCUT2D eigenvalue weighted by Gasteiger charge is -2.11. The molecule has 0 saturated heterocycles. The number of nitrogens with zero attached hydrogens (tertiary/aromatic N) is 2. The molecule has 0 unspecified atom stereocenters. The zero-order valence-corrected chi connectivity index (χ0v) is 12.1. The van der Waals surface area contributed by atoms with E-state index in [2.05, 4.69) is 4.98 Å². The number of hydrogen-bond donors (Lipinski definition) is 1. The summed E-state index contributed by atoms with van der Waals surface area (Å²) in [6, 6.07) is 8.23. The molecule has 0 amide bonds. The van der Waals surface area contributed by atoms with Crippen molar-refractivity contribution in [3.8, 4) is 23.1 Å². The Balaban J connectivity index is 2.76. The quantitative estimate of drug-likeness (QED) is 0.940. The second-order valence-corrected chi connectivity index (χ2v) is 4.72. The number of aromatic nitrogens is 1. The van der Waals surface area contributed by atoms with Gasteiger partial charge in [0.1, 0.15) is 11.8 Å². The van der Waals surface area contributed by atoms with Crippen LogP contribution in [-0.2, 0) is 0 Å². The van der Waals surface area contributed by atoms with E-state index >= 15 is 0 Å². The predicted octanol–water partition coefficient (Wildman–Crippen LogP) is 3.29. The fourth-order valence-corrected chi connectivity index (χ4v) is 2.15. The van der Waals surface area contributed by atoms with Crippen molar-refractivity contribution >= 4 is 17.6 Å². The molecule has 0 atom stereocenters. The van der Waals surface area contributed by atoms with Crippen molar-refractivity contribution in [1.29, 1.82) is 5.26 Å². The molecule has 0 bridgehead atoms.